The Morgan fingerprint density at radius 1 is 1.11 bits per heavy atom. The Bertz CT molecular complexity index is 651. The average molecular weight is 319 g/mol. The van der Waals surface area contributed by atoms with Gasteiger partial charge < -0.3 is 0 Å². The van der Waals surface area contributed by atoms with E-state index in [1.54, 1.807) is 17.7 Å². The Morgan fingerprint density at radius 2 is 1.94 bits per heavy atom. The number of fused-ring (bicyclic) bond motifs is 1. The molecule has 1 atom stereocenters. The Morgan fingerprint density at radius 3 is 2.78 bits per heavy atom. The fourth-order valence-corrected chi connectivity index (χ4v) is 3.39. The molecule has 1 aromatic carbocycles. The molecule has 18 heavy (non-hydrogen) atoms. The molecule has 0 aliphatic heterocycles. The Balaban J connectivity index is 1.91. The molecule has 2 aromatic heterocycles. The van der Waals surface area contributed by atoms with Crippen molar-refractivity contribution in [3.05, 3.63) is 59.4 Å². The van der Waals surface area contributed by atoms with Crippen LogP contribution in [0.25, 0.3) is 10.2 Å². The van der Waals surface area contributed by atoms with Crippen LogP contribution >= 0.6 is 27.3 Å². The number of alkyl halides is 1. The van der Waals surface area contributed by atoms with Gasteiger partial charge in [-0.2, -0.15) is 0 Å². The summed E-state index contributed by atoms with van der Waals surface area (Å²) in [5.74, 6) is 0. The van der Waals surface area contributed by atoms with E-state index in [0.717, 1.165) is 17.6 Å². The number of benzene rings is 1. The van der Waals surface area contributed by atoms with E-state index in [-0.39, 0.29) is 0 Å². The van der Waals surface area contributed by atoms with Crippen LogP contribution in [-0.2, 0) is 6.42 Å². The third-order valence-corrected chi connectivity index (χ3v) is 4.66. The highest BCUT2D eigenvalue weighted by Crippen LogP contribution is 2.30. The van der Waals surface area contributed by atoms with Gasteiger partial charge in [0.05, 0.1) is 15.9 Å². The second kappa shape index (κ2) is 5.16. The van der Waals surface area contributed by atoms with E-state index < -0.39 is 0 Å². The van der Waals surface area contributed by atoms with Crippen LogP contribution in [0.15, 0.2) is 48.1 Å². The first kappa shape index (κ1) is 11.8. The first-order chi connectivity index (χ1) is 8.84. The summed E-state index contributed by atoms with van der Waals surface area (Å²) in [6.45, 7) is 0. The minimum Gasteiger partial charge on any atom is -0.240 e. The fraction of sp³-hybridized carbons (Fsp3) is 0.143. The normalized spacial score (nSPS) is 12.7. The molecule has 90 valence electrons. The minimum absolute atomic E-state index is 0.291. The average Bonchev–Trinajstić information content (AvgIpc) is 2.89. The van der Waals surface area contributed by atoms with Gasteiger partial charge in [0.2, 0.25) is 0 Å². The molecule has 0 saturated heterocycles. The van der Waals surface area contributed by atoms with Gasteiger partial charge in [-0.15, -0.1) is 11.3 Å². The summed E-state index contributed by atoms with van der Waals surface area (Å²) in [5.41, 5.74) is 3.43. The highest BCUT2D eigenvalue weighted by atomic mass is 79.9. The molecule has 0 saturated carbocycles. The first-order valence-corrected chi connectivity index (χ1v) is 7.50. The number of thiophene rings is 1. The molecule has 0 N–H and O–H groups in total. The maximum absolute atomic E-state index is 4.41. The van der Waals surface area contributed by atoms with Crippen LogP contribution in [0.4, 0.5) is 0 Å². The van der Waals surface area contributed by atoms with E-state index in [4.69, 9.17) is 0 Å². The Labute approximate surface area is 118 Å². The molecule has 0 bridgehead atoms. The first-order valence-electron chi connectivity index (χ1n) is 5.70. The molecule has 1 unspecified atom stereocenters. The van der Waals surface area contributed by atoms with Gasteiger partial charge >= 0.3 is 0 Å². The number of aromatic nitrogens is 2. The van der Waals surface area contributed by atoms with Gasteiger partial charge in [-0.25, -0.2) is 9.97 Å². The lowest BCUT2D eigenvalue weighted by Gasteiger charge is -2.09. The monoisotopic (exact) mass is 318 g/mol. The molecule has 0 amide bonds. The molecular weight excluding hydrogens is 308 g/mol. The van der Waals surface area contributed by atoms with Crippen molar-refractivity contribution in [1.82, 2.24) is 9.97 Å². The smallest absolute Gasteiger partial charge is 0.116 e. The third-order valence-electron chi connectivity index (χ3n) is 2.85. The second-order valence-corrected chi connectivity index (χ2v) is 6.06. The zero-order chi connectivity index (χ0) is 12.4. The highest BCUT2D eigenvalue weighted by Gasteiger charge is 2.12. The van der Waals surface area contributed by atoms with Crippen molar-refractivity contribution in [2.45, 2.75) is 11.2 Å². The summed E-state index contributed by atoms with van der Waals surface area (Å²) in [6.07, 6.45) is 2.53. The number of hydrogen-bond donors (Lipinski definition) is 0. The van der Waals surface area contributed by atoms with Gasteiger partial charge in [-0.1, -0.05) is 46.3 Å². The molecule has 4 heteroatoms. The highest BCUT2D eigenvalue weighted by molar-refractivity contribution is 9.09. The molecule has 3 aromatic rings. The van der Waals surface area contributed by atoms with Gasteiger partial charge in [-0.3, -0.25) is 0 Å². The van der Waals surface area contributed by atoms with Crippen molar-refractivity contribution >= 4 is 37.5 Å². The maximum atomic E-state index is 4.41. The van der Waals surface area contributed by atoms with Crippen LogP contribution in [0.1, 0.15) is 16.1 Å². The molecule has 0 aliphatic rings. The third kappa shape index (κ3) is 2.31. The number of hydrogen-bond acceptors (Lipinski definition) is 3. The maximum Gasteiger partial charge on any atom is 0.116 e. The summed E-state index contributed by atoms with van der Waals surface area (Å²) >= 11 is 5.45. The van der Waals surface area contributed by atoms with E-state index >= 15 is 0 Å². The van der Waals surface area contributed by atoms with Crippen molar-refractivity contribution in [3.63, 3.8) is 0 Å². The Hall–Kier alpha value is -1.26. The minimum atomic E-state index is 0.291. The van der Waals surface area contributed by atoms with Crippen LogP contribution in [0.2, 0.25) is 0 Å². The van der Waals surface area contributed by atoms with Crippen LogP contribution in [0, 0.1) is 0 Å². The van der Waals surface area contributed by atoms with Crippen molar-refractivity contribution in [3.8, 4) is 0 Å². The van der Waals surface area contributed by atoms with Gasteiger partial charge in [0.15, 0.2) is 0 Å². The molecule has 3 rings (SSSR count). The molecule has 0 radical (unpaired) electrons. The summed E-state index contributed by atoms with van der Waals surface area (Å²) in [7, 11) is 0. The summed E-state index contributed by atoms with van der Waals surface area (Å²) in [6, 6.07) is 12.5. The lowest BCUT2D eigenvalue weighted by atomic mass is 10.1. The summed E-state index contributed by atoms with van der Waals surface area (Å²) in [5, 5.41) is 2.06. The van der Waals surface area contributed by atoms with Gasteiger partial charge in [0, 0.05) is 11.2 Å². The van der Waals surface area contributed by atoms with E-state index in [9.17, 15) is 0 Å². The largest absolute Gasteiger partial charge is 0.240 e. The standard InChI is InChI=1S/C14H11BrN2S/c15-11(10-4-2-1-3-5-10)8-13-14-12(6-7-18-14)16-9-17-13/h1-7,9,11H,8H2. The predicted octanol–water partition coefficient (Wildman–Crippen LogP) is 4.37. The van der Waals surface area contributed by atoms with E-state index in [0.29, 0.717) is 4.83 Å². The van der Waals surface area contributed by atoms with E-state index in [2.05, 4.69) is 55.5 Å². The number of rotatable bonds is 3. The SMILES string of the molecule is BrC(Cc1ncnc2ccsc12)c1ccccc1. The fourth-order valence-electron chi connectivity index (χ4n) is 1.93. The Kier molecular flexibility index (Phi) is 3.39. The van der Waals surface area contributed by atoms with Crippen molar-refractivity contribution in [2.75, 3.05) is 0 Å². The van der Waals surface area contributed by atoms with Crippen LogP contribution in [0.5, 0.6) is 0 Å². The van der Waals surface area contributed by atoms with Gasteiger partial charge in [0.25, 0.3) is 0 Å². The number of halogens is 1. The molecule has 2 nitrogen and oxygen atoms in total. The summed E-state index contributed by atoms with van der Waals surface area (Å²) in [4.78, 5) is 8.97. The zero-order valence-electron chi connectivity index (χ0n) is 9.58. The second-order valence-electron chi connectivity index (χ2n) is 4.04. The quantitative estimate of drug-likeness (QED) is 0.670. The van der Waals surface area contributed by atoms with Gasteiger partial charge in [0.1, 0.15) is 6.33 Å². The lowest BCUT2D eigenvalue weighted by molar-refractivity contribution is 0.911. The van der Waals surface area contributed by atoms with Gasteiger partial charge in [-0.05, 0) is 17.0 Å². The van der Waals surface area contributed by atoms with E-state index in [1.165, 1.54) is 10.3 Å². The van der Waals surface area contributed by atoms with Crippen LogP contribution in [0.3, 0.4) is 0 Å². The van der Waals surface area contributed by atoms with Crippen molar-refractivity contribution in [1.29, 1.82) is 0 Å². The lowest BCUT2D eigenvalue weighted by Crippen LogP contribution is -1.98. The molecule has 0 fully saturated rings. The molecule has 2 heterocycles. The van der Waals surface area contributed by atoms with Crippen molar-refractivity contribution < 1.29 is 0 Å². The molecule has 0 spiro atoms. The van der Waals surface area contributed by atoms with Crippen molar-refractivity contribution in [2.24, 2.45) is 0 Å². The predicted molar refractivity (Wildman–Crippen MR) is 79.2 cm³/mol. The van der Waals surface area contributed by atoms with Crippen LogP contribution in [-0.4, -0.2) is 9.97 Å². The van der Waals surface area contributed by atoms with Crippen LogP contribution < -0.4 is 0 Å². The van der Waals surface area contributed by atoms with E-state index in [1.807, 2.05) is 12.1 Å². The zero-order valence-corrected chi connectivity index (χ0v) is 12.0. The number of nitrogens with zero attached hydrogens (tertiary/aromatic N) is 2. The topological polar surface area (TPSA) is 25.8 Å². The molecule has 0 aliphatic carbocycles. The summed E-state index contributed by atoms with van der Waals surface area (Å²) < 4.78 is 1.19. The molecular formula is C14H11BrN2S.